The van der Waals surface area contributed by atoms with Gasteiger partial charge in [-0.05, 0) is 38.1 Å². The van der Waals surface area contributed by atoms with Gasteiger partial charge in [-0.3, -0.25) is 9.59 Å². The van der Waals surface area contributed by atoms with Crippen LogP contribution in [0.4, 0.5) is 11.4 Å². The molecule has 6 heteroatoms. The van der Waals surface area contributed by atoms with E-state index in [4.69, 9.17) is 0 Å². The molecule has 6 nitrogen and oxygen atoms in total. The average molecular weight is 304 g/mol. The van der Waals surface area contributed by atoms with E-state index in [0.29, 0.717) is 17.8 Å². The van der Waals surface area contributed by atoms with Crippen molar-refractivity contribution < 1.29 is 9.59 Å². The third-order valence-corrected chi connectivity index (χ3v) is 3.87. The molecule has 0 aromatic heterocycles. The summed E-state index contributed by atoms with van der Waals surface area (Å²) < 4.78 is 0. The van der Waals surface area contributed by atoms with Crippen molar-refractivity contribution >= 4 is 23.2 Å². The van der Waals surface area contributed by atoms with E-state index in [9.17, 15) is 9.59 Å². The molecule has 22 heavy (non-hydrogen) atoms. The standard InChI is InChI=1S/C16H24N4O2/c1-4-7-17-8-9-18-16(22)12-5-6-14-13(10-12)19-15(21)11(2)20(14)3/h5-6,10-11,17H,4,7-9H2,1-3H3,(H,18,22)(H,19,21). The Morgan fingerprint density at radius 2 is 2.09 bits per heavy atom. The first-order valence-electron chi connectivity index (χ1n) is 7.71. The number of hydrogen-bond acceptors (Lipinski definition) is 4. The molecule has 1 aromatic rings. The van der Waals surface area contributed by atoms with Crippen molar-refractivity contribution in [3.05, 3.63) is 23.8 Å². The monoisotopic (exact) mass is 304 g/mol. The van der Waals surface area contributed by atoms with Crippen molar-refractivity contribution in [2.75, 3.05) is 36.9 Å². The maximum absolute atomic E-state index is 12.1. The van der Waals surface area contributed by atoms with Crippen LogP contribution in [0.5, 0.6) is 0 Å². The predicted molar refractivity (Wildman–Crippen MR) is 88.4 cm³/mol. The Labute approximate surface area is 131 Å². The van der Waals surface area contributed by atoms with E-state index in [1.807, 2.05) is 24.9 Å². The lowest BCUT2D eigenvalue weighted by molar-refractivity contribution is -0.117. The lowest BCUT2D eigenvalue weighted by Crippen LogP contribution is -2.44. The molecular formula is C16H24N4O2. The van der Waals surface area contributed by atoms with E-state index < -0.39 is 0 Å². The Balaban J connectivity index is 2.00. The van der Waals surface area contributed by atoms with Crippen molar-refractivity contribution in [3.8, 4) is 0 Å². The number of rotatable bonds is 6. The second-order valence-electron chi connectivity index (χ2n) is 5.51. The number of carbonyl (C=O) groups is 2. The first-order chi connectivity index (χ1) is 10.5. The summed E-state index contributed by atoms with van der Waals surface area (Å²) in [7, 11) is 1.88. The van der Waals surface area contributed by atoms with Crippen LogP contribution < -0.4 is 20.9 Å². The molecule has 1 heterocycles. The molecule has 0 fully saturated rings. The molecule has 0 radical (unpaired) electrons. The molecular weight excluding hydrogens is 280 g/mol. The molecule has 1 atom stereocenters. The molecule has 1 aliphatic rings. The maximum Gasteiger partial charge on any atom is 0.251 e. The first kappa shape index (κ1) is 16.3. The lowest BCUT2D eigenvalue weighted by Gasteiger charge is -2.33. The van der Waals surface area contributed by atoms with E-state index in [0.717, 1.165) is 25.2 Å². The Kier molecular flexibility index (Phi) is 5.38. The molecule has 0 saturated carbocycles. The molecule has 3 N–H and O–H groups in total. The summed E-state index contributed by atoms with van der Waals surface area (Å²) in [6.45, 7) is 6.24. The Morgan fingerprint density at radius 3 is 2.82 bits per heavy atom. The number of fused-ring (bicyclic) bond motifs is 1. The molecule has 1 aromatic carbocycles. The summed E-state index contributed by atoms with van der Waals surface area (Å²) in [4.78, 5) is 25.9. The molecule has 0 aliphatic carbocycles. The van der Waals surface area contributed by atoms with Gasteiger partial charge in [0.05, 0.1) is 11.4 Å². The van der Waals surface area contributed by atoms with Gasteiger partial charge in [0.25, 0.3) is 5.91 Å². The van der Waals surface area contributed by atoms with Crippen LogP contribution in [-0.2, 0) is 4.79 Å². The first-order valence-corrected chi connectivity index (χ1v) is 7.71. The molecule has 0 spiro atoms. The zero-order valence-corrected chi connectivity index (χ0v) is 13.4. The number of likely N-dealkylation sites (N-methyl/N-ethyl adjacent to an activating group) is 1. The largest absolute Gasteiger partial charge is 0.361 e. The lowest BCUT2D eigenvalue weighted by atomic mass is 10.1. The van der Waals surface area contributed by atoms with Gasteiger partial charge in [0.2, 0.25) is 5.91 Å². The minimum absolute atomic E-state index is 0.0590. The van der Waals surface area contributed by atoms with Gasteiger partial charge in [-0.2, -0.15) is 0 Å². The minimum Gasteiger partial charge on any atom is -0.361 e. The third-order valence-electron chi connectivity index (χ3n) is 3.87. The van der Waals surface area contributed by atoms with E-state index >= 15 is 0 Å². The fourth-order valence-corrected chi connectivity index (χ4v) is 2.37. The molecule has 1 aliphatic heterocycles. The highest BCUT2D eigenvalue weighted by Crippen LogP contribution is 2.31. The minimum atomic E-state index is -0.211. The van der Waals surface area contributed by atoms with Crippen molar-refractivity contribution in [1.82, 2.24) is 10.6 Å². The van der Waals surface area contributed by atoms with Gasteiger partial charge in [0.1, 0.15) is 6.04 Å². The number of nitrogens with zero attached hydrogens (tertiary/aromatic N) is 1. The van der Waals surface area contributed by atoms with Crippen molar-refractivity contribution in [2.24, 2.45) is 0 Å². The number of benzene rings is 1. The van der Waals surface area contributed by atoms with Gasteiger partial charge < -0.3 is 20.9 Å². The van der Waals surface area contributed by atoms with E-state index in [-0.39, 0.29) is 17.9 Å². The van der Waals surface area contributed by atoms with Crippen molar-refractivity contribution in [1.29, 1.82) is 0 Å². The van der Waals surface area contributed by atoms with E-state index in [1.165, 1.54) is 0 Å². The van der Waals surface area contributed by atoms with Crippen molar-refractivity contribution in [3.63, 3.8) is 0 Å². The van der Waals surface area contributed by atoms with Gasteiger partial charge in [0, 0.05) is 25.7 Å². The van der Waals surface area contributed by atoms with Crippen LogP contribution in [0.3, 0.4) is 0 Å². The second kappa shape index (κ2) is 7.26. The summed E-state index contributed by atoms with van der Waals surface area (Å²) in [5.74, 6) is -0.187. The van der Waals surface area contributed by atoms with Gasteiger partial charge >= 0.3 is 0 Å². The van der Waals surface area contributed by atoms with Gasteiger partial charge in [-0.25, -0.2) is 0 Å². The fourth-order valence-electron chi connectivity index (χ4n) is 2.37. The van der Waals surface area contributed by atoms with Crippen LogP contribution in [-0.4, -0.2) is 44.5 Å². The highest BCUT2D eigenvalue weighted by molar-refractivity contribution is 6.05. The molecule has 0 saturated heterocycles. The number of nitrogens with one attached hydrogen (secondary N) is 3. The fraction of sp³-hybridized carbons (Fsp3) is 0.500. The summed E-state index contributed by atoms with van der Waals surface area (Å²) in [5, 5.41) is 8.94. The molecule has 1 unspecified atom stereocenters. The third kappa shape index (κ3) is 3.57. The van der Waals surface area contributed by atoms with Crippen LogP contribution >= 0.6 is 0 Å². The Morgan fingerprint density at radius 1 is 1.32 bits per heavy atom. The summed E-state index contributed by atoms with van der Waals surface area (Å²) in [5.41, 5.74) is 2.16. The van der Waals surface area contributed by atoms with E-state index in [1.54, 1.807) is 12.1 Å². The molecule has 0 bridgehead atoms. The molecule has 2 amide bonds. The van der Waals surface area contributed by atoms with Crippen LogP contribution in [0.2, 0.25) is 0 Å². The zero-order valence-electron chi connectivity index (χ0n) is 13.4. The highest BCUT2D eigenvalue weighted by Gasteiger charge is 2.27. The number of carbonyl (C=O) groups excluding carboxylic acids is 2. The van der Waals surface area contributed by atoms with Gasteiger partial charge in [-0.1, -0.05) is 6.92 Å². The molecule has 2 rings (SSSR count). The summed E-state index contributed by atoms with van der Waals surface area (Å²) in [6.07, 6.45) is 1.07. The molecule has 120 valence electrons. The smallest absolute Gasteiger partial charge is 0.251 e. The maximum atomic E-state index is 12.1. The predicted octanol–water partition coefficient (Wildman–Crippen LogP) is 1.19. The SMILES string of the molecule is CCCNCCNC(=O)c1ccc2c(c1)NC(=O)C(C)N2C. The van der Waals surface area contributed by atoms with Crippen molar-refractivity contribution in [2.45, 2.75) is 26.3 Å². The number of anilines is 2. The van der Waals surface area contributed by atoms with Crippen LogP contribution in [0, 0.1) is 0 Å². The highest BCUT2D eigenvalue weighted by atomic mass is 16.2. The number of amides is 2. The average Bonchev–Trinajstić information content (AvgIpc) is 2.52. The van der Waals surface area contributed by atoms with Crippen LogP contribution in [0.15, 0.2) is 18.2 Å². The Bertz CT molecular complexity index is 559. The normalized spacial score (nSPS) is 17.0. The Hall–Kier alpha value is -2.08. The summed E-state index contributed by atoms with van der Waals surface area (Å²) in [6, 6.07) is 5.17. The number of hydrogen-bond donors (Lipinski definition) is 3. The van der Waals surface area contributed by atoms with E-state index in [2.05, 4.69) is 22.9 Å². The zero-order chi connectivity index (χ0) is 16.1. The van der Waals surface area contributed by atoms with Gasteiger partial charge in [-0.15, -0.1) is 0 Å². The quantitative estimate of drug-likeness (QED) is 0.690. The topological polar surface area (TPSA) is 73.5 Å². The van der Waals surface area contributed by atoms with Crippen LogP contribution in [0.1, 0.15) is 30.6 Å². The second-order valence-corrected chi connectivity index (χ2v) is 5.51. The van der Waals surface area contributed by atoms with Crippen LogP contribution in [0.25, 0.3) is 0 Å². The summed E-state index contributed by atoms with van der Waals surface area (Å²) >= 11 is 0. The van der Waals surface area contributed by atoms with Gasteiger partial charge in [0.15, 0.2) is 0 Å².